The van der Waals surface area contributed by atoms with Crippen LogP contribution in [0.5, 0.6) is 0 Å². The number of hydrogen-bond donors (Lipinski definition) is 0. The molecule has 0 bridgehead atoms. The Labute approximate surface area is 112 Å². The fraction of sp³-hybridized carbons (Fsp3) is 0.167. The number of nitriles is 1. The van der Waals surface area contributed by atoms with Crippen LogP contribution in [0.4, 0.5) is 0 Å². The molecule has 3 aromatic rings. The largest absolute Gasteiger partial charge is 0.377 e. The smallest absolute Gasteiger partial charge is 0.214 e. The van der Waals surface area contributed by atoms with E-state index in [4.69, 9.17) is 4.74 Å². The number of fused-ring (bicyclic) bond motifs is 1. The molecule has 6 nitrogen and oxygen atoms in total. The number of imidazole rings is 1. The molecule has 19 heavy (non-hydrogen) atoms. The molecule has 0 aliphatic heterocycles. The van der Waals surface area contributed by atoms with Gasteiger partial charge in [0.1, 0.15) is 16.8 Å². The van der Waals surface area contributed by atoms with Crippen LogP contribution < -0.4 is 0 Å². The van der Waals surface area contributed by atoms with Crippen molar-refractivity contribution in [2.24, 2.45) is 0 Å². The van der Waals surface area contributed by atoms with E-state index in [1.54, 1.807) is 24.0 Å². The maximum atomic E-state index is 9.31. The molecule has 0 atom stereocenters. The average Bonchev–Trinajstić information content (AvgIpc) is 2.96. The number of pyridine rings is 1. The standard InChI is InChI=1S/C12H9N5OS/c1-18-7-10-16-17-9(6-13)11(15-12(17)19-10)8-2-4-14-5-3-8/h2-5H,7H2,1H3. The number of nitrogens with zero attached hydrogens (tertiary/aromatic N) is 5. The molecule has 0 saturated carbocycles. The lowest BCUT2D eigenvalue weighted by molar-refractivity contribution is 0.183. The van der Waals surface area contributed by atoms with Gasteiger partial charge in [-0.25, -0.2) is 4.98 Å². The third-order valence-corrected chi connectivity index (χ3v) is 3.45. The molecule has 0 amide bonds. The summed E-state index contributed by atoms with van der Waals surface area (Å²) in [6.07, 6.45) is 3.35. The van der Waals surface area contributed by atoms with Crippen LogP contribution in [0.2, 0.25) is 0 Å². The van der Waals surface area contributed by atoms with Crippen LogP contribution in [0, 0.1) is 11.3 Å². The molecule has 0 aliphatic rings. The van der Waals surface area contributed by atoms with Crippen molar-refractivity contribution in [3.05, 3.63) is 35.2 Å². The van der Waals surface area contributed by atoms with Gasteiger partial charge in [0.15, 0.2) is 5.69 Å². The second kappa shape index (κ2) is 4.76. The molecule has 3 heterocycles. The molecule has 3 aromatic heterocycles. The Morgan fingerprint density at radius 2 is 2.21 bits per heavy atom. The minimum absolute atomic E-state index is 0.420. The number of hydrogen-bond acceptors (Lipinski definition) is 6. The van der Waals surface area contributed by atoms with Crippen molar-refractivity contribution < 1.29 is 4.74 Å². The van der Waals surface area contributed by atoms with Gasteiger partial charge in [0.05, 0.1) is 6.61 Å². The van der Waals surface area contributed by atoms with Gasteiger partial charge in [-0.1, -0.05) is 11.3 Å². The first-order valence-corrected chi connectivity index (χ1v) is 6.33. The van der Waals surface area contributed by atoms with E-state index < -0.39 is 0 Å². The van der Waals surface area contributed by atoms with Crippen LogP contribution in [0.15, 0.2) is 24.5 Å². The van der Waals surface area contributed by atoms with Crippen LogP contribution in [0.25, 0.3) is 16.2 Å². The number of ether oxygens (including phenoxy) is 1. The molecule has 0 aromatic carbocycles. The Morgan fingerprint density at radius 1 is 1.42 bits per heavy atom. The highest BCUT2D eigenvalue weighted by Gasteiger charge is 2.17. The van der Waals surface area contributed by atoms with Crippen molar-refractivity contribution in [2.75, 3.05) is 7.11 Å². The Balaban J connectivity index is 2.17. The predicted molar refractivity (Wildman–Crippen MR) is 69.5 cm³/mol. The third kappa shape index (κ3) is 1.97. The molecule has 0 fully saturated rings. The van der Waals surface area contributed by atoms with E-state index in [0.29, 0.717) is 23.0 Å². The Bertz CT molecular complexity index is 756. The van der Waals surface area contributed by atoms with Gasteiger partial charge in [0.25, 0.3) is 0 Å². The van der Waals surface area contributed by atoms with Gasteiger partial charge in [0.2, 0.25) is 4.96 Å². The molecule has 0 saturated heterocycles. The molecule has 0 N–H and O–H groups in total. The zero-order valence-electron chi connectivity index (χ0n) is 10.1. The monoisotopic (exact) mass is 271 g/mol. The molecular weight excluding hydrogens is 262 g/mol. The van der Waals surface area contributed by atoms with Gasteiger partial charge in [0, 0.05) is 25.1 Å². The van der Waals surface area contributed by atoms with Gasteiger partial charge in [-0.15, -0.1) is 0 Å². The molecule has 0 aliphatic carbocycles. The number of methoxy groups -OCH3 is 1. The molecule has 0 radical (unpaired) electrons. The van der Waals surface area contributed by atoms with E-state index in [1.807, 2.05) is 12.1 Å². The Kier molecular flexibility index (Phi) is 2.95. The van der Waals surface area contributed by atoms with Crippen LogP contribution in [-0.2, 0) is 11.3 Å². The van der Waals surface area contributed by atoms with Crippen LogP contribution in [0.1, 0.15) is 10.7 Å². The van der Waals surface area contributed by atoms with Crippen molar-refractivity contribution in [1.29, 1.82) is 5.26 Å². The lowest BCUT2D eigenvalue weighted by Crippen LogP contribution is -1.93. The molecule has 0 unspecified atom stereocenters. The van der Waals surface area contributed by atoms with Gasteiger partial charge in [-0.05, 0) is 12.1 Å². The van der Waals surface area contributed by atoms with Crippen molar-refractivity contribution in [3.63, 3.8) is 0 Å². The van der Waals surface area contributed by atoms with Crippen LogP contribution in [0.3, 0.4) is 0 Å². The summed E-state index contributed by atoms with van der Waals surface area (Å²) < 4.78 is 6.60. The third-order valence-electron chi connectivity index (χ3n) is 2.57. The topological polar surface area (TPSA) is 76.1 Å². The summed E-state index contributed by atoms with van der Waals surface area (Å²) in [5.41, 5.74) is 1.92. The first-order chi connectivity index (χ1) is 9.33. The van der Waals surface area contributed by atoms with E-state index in [9.17, 15) is 5.26 Å². The van der Waals surface area contributed by atoms with E-state index in [1.165, 1.54) is 11.3 Å². The van der Waals surface area contributed by atoms with Gasteiger partial charge >= 0.3 is 0 Å². The summed E-state index contributed by atoms with van der Waals surface area (Å²) in [6, 6.07) is 5.80. The lowest BCUT2D eigenvalue weighted by atomic mass is 10.2. The molecule has 94 valence electrons. The fourth-order valence-corrected chi connectivity index (χ4v) is 2.65. The minimum Gasteiger partial charge on any atom is -0.377 e. The molecule has 7 heteroatoms. The predicted octanol–water partition coefficient (Wildman–Crippen LogP) is 1.87. The molecular formula is C12H9N5OS. The summed E-state index contributed by atoms with van der Waals surface area (Å²) >= 11 is 1.42. The van der Waals surface area contributed by atoms with Gasteiger partial charge in [-0.2, -0.15) is 14.9 Å². The SMILES string of the molecule is COCc1nn2c(C#N)c(-c3ccncc3)nc2s1. The van der Waals surface area contributed by atoms with Crippen molar-refractivity contribution >= 4 is 16.3 Å². The number of aromatic nitrogens is 4. The minimum atomic E-state index is 0.420. The highest BCUT2D eigenvalue weighted by Crippen LogP contribution is 2.26. The first-order valence-electron chi connectivity index (χ1n) is 5.51. The van der Waals surface area contributed by atoms with E-state index in [0.717, 1.165) is 10.6 Å². The lowest BCUT2D eigenvalue weighted by Gasteiger charge is -1.96. The maximum Gasteiger partial charge on any atom is 0.214 e. The zero-order valence-corrected chi connectivity index (χ0v) is 10.9. The fourth-order valence-electron chi connectivity index (χ4n) is 1.78. The molecule has 0 spiro atoms. The summed E-state index contributed by atoms with van der Waals surface area (Å²) in [5.74, 6) is 0. The molecule has 3 rings (SSSR count). The second-order valence-electron chi connectivity index (χ2n) is 3.78. The normalized spacial score (nSPS) is 10.7. The maximum absolute atomic E-state index is 9.31. The summed E-state index contributed by atoms with van der Waals surface area (Å²) in [7, 11) is 1.61. The van der Waals surface area contributed by atoms with Gasteiger partial charge in [-0.3, -0.25) is 4.98 Å². The van der Waals surface area contributed by atoms with Crippen molar-refractivity contribution in [3.8, 4) is 17.3 Å². The highest BCUT2D eigenvalue weighted by atomic mass is 32.1. The highest BCUT2D eigenvalue weighted by molar-refractivity contribution is 7.16. The first kappa shape index (κ1) is 11.8. The van der Waals surface area contributed by atoms with Crippen LogP contribution in [-0.4, -0.2) is 26.7 Å². The zero-order chi connectivity index (χ0) is 13.2. The van der Waals surface area contributed by atoms with E-state index in [2.05, 4.69) is 21.1 Å². The number of rotatable bonds is 3. The van der Waals surface area contributed by atoms with Crippen LogP contribution >= 0.6 is 11.3 Å². The van der Waals surface area contributed by atoms with E-state index in [-0.39, 0.29) is 0 Å². The quantitative estimate of drug-likeness (QED) is 0.726. The van der Waals surface area contributed by atoms with E-state index >= 15 is 0 Å². The Morgan fingerprint density at radius 3 is 2.89 bits per heavy atom. The summed E-state index contributed by atoms with van der Waals surface area (Å²) in [4.78, 5) is 9.12. The summed E-state index contributed by atoms with van der Waals surface area (Å²) in [6.45, 7) is 0.420. The average molecular weight is 271 g/mol. The second-order valence-corrected chi connectivity index (χ2v) is 4.82. The Hall–Kier alpha value is -2.30. The summed E-state index contributed by atoms with van der Waals surface area (Å²) in [5, 5.41) is 14.4. The van der Waals surface area contributed by atoms with Crippen molar-refractivity contribution in [1.82, 2.24) is 19.6 Å². The van der Waals surface area contributed by atoms with Gasteiger partial charge < -0.3 is 4.74 Å². The van der Waals surface area contributed by atoms with Crippen molar-refractivity contribution in [2.45, 2.75) is 6.61 Å².